The van der Waals surface area contributed by atoms with Gasteiger partial charge < -0.3 is 4.74 Å². The molecule has 0 fully saturated rings. The quantitative estimate of drug-likeness (QED) is 0.671. The van der Waals surface area contributed by atoms with Gasteiger partial charge in [0, 0.05) is 28.9 Å². The van der Waals surface area contributed by atoms with Gasteiger partial charge in [0.15, 0.2) is 5.78 Å². The third kappa shape index (κ3) is 1.89. The molecule has 102 valence electrons. The number of fused-ring (bicyclic) bond motifs is 2. The monoisotopic (exact) mass is 275 g/mol. The largest absolute Gasteiger partial charge is 0.492 e. The summed E-state index contributed by atoms with van der Waals surface area (Å²) in [5.74, 6) is 0.641. The predicted octanol–water partition coefficient (Wildman–Crippen LogP) is 3.59. The number of ketones is 1. The molecule has 0 amide bonds. The lowest BCUT2D eigenvalue weighted by atomic mass is 9.91. The summed E-state index contributed by atoms with van der Waals surface area (Å²) in [7, 11) is 0. The Hall–Kier alpha value is -2.68. The summed E-state index contributed by atoms with van der Waals surface area (Å²) in [5.41, 5.74) is 1.63. The molecule has 0 radical (unpaired) electrons. The van der Waals surface area contributed by atoms with E-state index in [0.29, 0.717) is 12.2 Å². The Bertz CT molecular complexity index is 836. The van der Waals surface area contributed by atoms with E-state index in [-0.39, 0.29) is 11.7 Å². The van der Waals surface area contributed by atoms with Crippen molar-refractivity contribution in [3.8, 4) is 5.75 Å². The van der Waals surface area contributed by atoms with Gasteiger partial charge in [-0.05, 0) is 11.5 Å². The second kappa shape index (κ2) is 4.70. The maximum Gasteiger partial charge on any atom is 0.176 e. The molecule has 1 unspecified atom stereocenters. The molecule has 3 aromatic rings. The summed E-state index contributed by atoms with van der Waals surface area (Å²) in [6.07, 6.45) is 3.44. The van der Waals surface area contributed by atoms with Gasteiger partial charge in [0.25, 0.3) is 0 Å². The first-order valence-electron chi connectivity index (χ1n) is 6.93. The van der Waals surface area contributed by atoms with E-state index in [1.165, 1.54) is 0 Å². The topological polar surface area (TPSA) is 39.2 Å². The minimum atomic E-state index is -0.242. The van der Waals surface area contributed by atoms with E-state index in [1.54, 1.807) is 12.4 Å². The van der Waals surface area contributed by atoms with Crippen LogP contribution in [0.4, 0.5) is 0 Å². The summed E-state index contributed by atoms with van der Waals surface area (Å²) in [5, 5.41) is 1.93. The van der Waals surface area contributed by atoms with Crippen LogP contribution in [0.1, 0.15) is 21.8 Å². The Morgan fingerprint density at radius 2 is 1.86 bits per heavy atom. The number of aromatic nitrogens is 1. The number of hydrogen-bond acceptors (Lipinski definition) is 3. The molecule has 4 rings (SSSR count). The van der Waals surface area contributed by atoms with Crippen molar-refractivity contribution in [1.82, 2.24) is 4.98 Å². The first kappa shape index (κ1) is 12.1. The highest BCUT2D eigenvalue weighted by Crippen LogP contribution is 2.36. The normalized spacial score (nSPS) is 16.5. The van der Waals surface area contributed by atoms with Crippen molar-refractivity contribution in [2.24, 2.45) is 0 Å². The summed E-state index contributed by atoms with van der Waals surface area (Å²) < 4.78 is 5.62. The number of Topliss-reactive ketones (excluding diaryl/α,β-unsaturated/α-hetero) is 1. The molecule has 1 atom stereocenters. The van der Waals surface area contributed by atoms with Crippen molar-refractivity contribution in [2.75, 3.05) is 6.61 Å². The van der Waals surface area contributed by atoms with E-state index < -0.39 is 0 Å². The smallest absolute Gasteiger partial charge is 0.176 e. The lowest BCUT2D eigenvalue weighted by Gasteiger charge is -2.10. The Kier molecular flexibility index (Phi) is 2.71. The molecule has 21 heavy (non-hydrogen) atoms. The van der Waals surface area contributed by atoms with Crippen LogP contribution in [0.2, 0.25) is 0 Å². The van der Waals surface area contributed by atoms with Crippen molar-refractivity contribution in [3.05, 3.63) is 72.1 Å². The molecule has 3 nitrogen and oxygen atoms in total. The Morgan fingerprint density at radius 3 is 2.81 bits per heavy atom. The predicted molar refractivity (Wildman–Crippen MR) is 80.8 cm³/mol. The van der Waals surface area contributed by atoms with Crippen LogP contribution in [0.3, 0.4) is 0 Å². The van der Waals surface area contributed by atoms with E-state index in [2.05, 4.69) is 4.98 Å². The number of nitrogens with zero attached hydrogens (tertiary/aromatic N) is 1. The zero-order chi connectivity index (χ0) is 14.2. The van der Waals surface area contributed by atoms with Crippen molar-refractivity contribution < 1.29 is 9.53 Å². The summed E-state index contributed by atoms with van der Waals surface area (Å²) in [4.78, 5) is 17.1. The summed E-state index contributed by atoms with van der Waals surface area (Å²) in [6, 6.07) is 15.6. The Morgan fingerprint density at radius 1 is 1.05 bits per heavy atom. The number of rotatable bonds is 2. The first-order chi connectivity index (χ1) is 10.3. The molecular formula is C18H13NO2. The molecule has 1 aliphatic heterocycles. The second-order valence-corrected chi connectivity index (χ2v) is 5.17. The number of benzene rings is 2. The minimum absolute atomic E-state index is 0.0734. The van der Waals surface area contributed by atoms with Crippen molar-refractivity contribution >= 4 is 16.6 Å². The fourth-order valence-electron chi connectivity index (χ4n) is 2.88. The van der Waals surface area contributed by atoms with E-state index in [4.69, 9.17) is 4.74 Å². The molecule has 0 spiro atoms. The zero-order valence-corrected chi connectivity index (χ0v) is 11.3. The number of ether oxygens (including phenoxy) is 1. The number of pyridine rings is 1. The molecule has 1 aromatic heterocycles. The van der Waals surface area contributed by atoms with Gasteiger partial charge >= 0.3 is 0 Å². The molecule has 2 heterocycles. The molecule has 0 bridgehead atoms. The fourth-order valence-corrected chi connectivity index (χ4v) is 2.88. The van der Waals surface area contributed by atoms with E-state index >= 15 is 0 Å². The highest BCUT2D eigenvalue weighted by atomic mass is 16.5. The molecule has 0 N–H and O–H groups in total. The second-order valence-electron chi connectivity index (χ2n) is 5.17. The van der Waals surface area contributed by atoms with E-state index in [9.17, 15) is 4.79 Å². The Balaban J connectivity index is 1.82. The molecule has 2 aromatic carbocycles. The lowest BCUT2D eigenvalue weighted by molar-refractivity contribution is 0.0949. The van der Waals surface area contributed by atoms with Gasteiger partial charge in [0.1, 0.15) is 12.4 Å². The number of carbonyl (C=O) groups is 1. The van der Waals surface area contributed by atoms with Crippen LogP contribution in [0.25, 0.3) is 10.8 Å². The van der Waals surface area contributed by atoms with Crippen molar-refractivity contribution in [1.29, 1.82) is 0 Å². The molecule has 0 aliphatic carbocycles. The maximum atomic E-state index is 12.9. The van der Waals surface area contributed by atoms with Crippen molar-refractivity contribution in [2.45, 2.75) is 5.92 Å². The van der Waals surface area contributed by atoms with Gasteiger partial charge in [-0.3, -0.25) is 9.78 Å². The molecule has 0 saturated heterocycles. The van der Waals surface area contributed by atoms with Crippen LogP contribution >= 0.6 is 0 Å². The molecule has 3 heteroatoms. The SMILES string of the molecule is O=C(c1cncc2ccccc12)C1COc2ccccc21. The van der Waals surface area contributed by atoms with Crippen LogP contribution in [0, 0.1) is 0 Å². The van der Waals surface area contributed by atoms with Crippen LogP contribution in [-0.2, 0) is 0 Å². The van der Waals surface area contributed by atoms with E-state index in [1.807, 2.05) is 48.5 Å². The fraction of sp³-hybridized carbons (Fsp3) is 0.111. The minimum Gasteiger partial charge on any atom is -0.492 e. The molecular weight excluding hydrogens is 262 g/mol. The van der Waals surface area contributed by atoms with Crippen LogP contribution < -0.4 is 4.74 Å². The zero-order valence-electron chi connectivity index (χ0n) is 11.3. The van der Waals surface area contributed by atoms with Gasteiger partial charge in [0.2, 0.25) is 0 Å². The van der Waals surface area contributed by atoms with E-state index in [0.717, 1.165) is 22.1 Å². The third-order valence-electron chi connectivity index (χ3n) is 3.95. The molecule has 1 aliphatic rings. The maximum absolute atomic E-state index is 12.9. The summed E-state index contributed by atoms with van der Waals surface area (Å²) >= 11 is 0. The van der Waals surface area contributed by atoms with Gasteiger partial charge in [-0.2, -0.15) is 0 Å². The summed E-state index contributed by atoms with van der Waals surface area (Å²) in [6.45, 7) is 0.404. The van der Waals surface area contributed by atoms with Crippen LogP contribution in [0.5, 0.6) is 5.75 Å². The Labute approximate surface area is 122 Å². The average Bonchev–Trinajstić information content (AvgIpc) is 2.98. The van der Waals surface area contributed by atoms with Gasteiger partial charge in [-0.25, -0.2) is 0 Å². The number of hydrogen-bond donors (Lipinski definition) is 0. The van der Waals surface area contributed by atoms with Gasteiger partial charge in [-0.15, -0.1) is 0 Å². The highest BCUT2D eigenvalue weighted by Gasteiger charge is 2.31. The highest BCUT2D eigenvalue weighted by molar-refractivity contribution is 6.11. The van der Waals surface area contributed by atoms with Gasteiger partial charge in [-0.1, -0.05) is 42.5 Å². The molecule has 0 saturated carbocycles. The van der Waals surface area contributed by atoms with Gasteiger partial charge in [0.05, 0.1) is 5.92 Å². The third-order valence-corrected chi connectivity index (χ3v) is 3.95. The lowest BCUT2D eigenvalue weighted by Crippen LogP contribution is -2.15. The first-order valence-corrected chi connectivity index (χ1v) is 6.93. The van der Waals surface area contributed by atoms with Crippen LogP contribution in [-0.4, -0.2) is 17.4 Å². The number of carbonyl (C=O) groups excluding carboxylic acids is 1. The standard InChI is InChI=1S/C18H13NO2/c20-18(16-11-21-17-8-4-3-7-14(16)17)15-10-19-9-12-5-1-2-6-13(12)15/h1-10,16H,11H2. The van der Waals surface area contributed by atoms with Crippen molar-refractivity contribution in [3.63, 3.8) is 0 Å². The number of para-hydroxylation sites is 1. The van der Waals surface area contributed by atoms with Crippen LogP contribution in [0.15, 0.2) is 60.9 Å². The average molecular weight is 275 g/mol.